The Hall–Kier alpha value is -6.17. The van der Waals surface area contributed by atoms with E-state index in [0.717, 1.165) is 73.3 Å². The molecule has 0 spiro atoms. The van der Waals surface area contributed by atoms with Crippen molar-refractivity contribution in [2.24, 2.45) is 0 Å². The van der Waals surface area contributed by atoms with Crippen molar-refractivity contribution in [3.05, 3.63) is 194 Å². The Morgan fingerprint density at radius 1 is 0.389 bits per heavy atom. The number of aliphatic hydroxyl groups is 3. The van der Waals surface area contributed by atoms with Gasteiger partial charge in [0.25, 0.3) is 38.2 Å². The van der Waals surface area contributed by atoms with E-state index in [9.17, 15) is 43.2 Å². The zero-order valence-electron chi connectivity index (χ0n) is 93.3. The molecule has 2 aliphatic rings. The van der Waals surface area contributed by atoms with Crippen LogP contribution in [0.2, 0.25) is 247 Å². The van der Waals surface area contributed by atoms with E-state index in [4.69, 9.17) is 101 Å². The van der Waals surface area contributed by atoms with Gasteiger partial charge in [-0.25, -0.2) is 14.6 Å². The minimum atomic E-state index is -2.22. The third-order valence-electron chi connectivity index (χ3n) is 16.8. The number of furan rings is 3. The molecule has 0 aliphatic carbocycles. The van der Waals surface area contributed by atoms with Crippen molar-refractivity contribution < 1.29 is 132 Å². The first kappa shape index (κ1) is 142. The topological polar surface area (TPSA) is 400 Å². The smallest absolute Gasteiger partial charge is 0.338 e. The molecule has 7 rings (SSSR count). The molecule has 4 amide bonds. The molecule has 4 N–H and O–H groups in total. The second-order valence-electron chi connectivity index (χ2n) is 43.4. The summed E-state index contributed by atoms with van der Waals surface area (Å²) in [5, 5.41) is 32.6. The third-order valence-corrected chi connectivity index (χ3v) is 62.9. The Labute approximate surface area is 884 Å². The lowest BCUT2D eigenvalue weighted by molar-refractivity contribution is -0.144. The fourth-order valence-corrected chi connectivity index (χ4v) is 71.4. The molecule has 144 heavy (non-hydrogen) atoms. The van der Waals surface area contributed by atoms with E-state index in [1.165, 1.54) is 73.2 Å². The number of carboxylic acids is 1. The summed E-state index contributed by atoms with van der Waals surface area (Å²) in [5.74, 6) is -1.44. The van der Waals surface area contributed by atoms with Crippen molar-refractivity contribution in [3.63, 3.8) is 0 Å². The first-order chi connectivity index (χ1) is 65.8. The number of carbonyl (C=O) groups is 9. The summed E-state index contributed by atoms with van der Waals surface area (Å²) in [7, 11) is -24.9. The number of hydrogen-bond acceptors (Lipinski definition) is 28. The van der Waals surface area contributed by atoms with Gasteiger partial charge >= 0.3 is 58.1 Å². The molecule has 5 heterocycles. The van der Waals surface area contributed by atoms with Crippen LogP contribution < -0.4 is 9.80 Å². The summed E-state index contributed by atoms with van der Waals surface area (Å²) in [5.41, 5.74) is 1.55. The van der Waals surface area contributed by atoms with E-state index < -0.39 is 156 Å². The molecule has 2 aromatic carbocycles. The van der Waals surface area contributed by atoms with Crippen molar-refractivity contribution in [1.29, 1.82) is 0 Å². The molecule has 818 valence electrons. The Morgan fingerprint density at radius 3 is 1.02 bits per heavy atom. The average molecular weight is 2290 g/mol. The SMILES string of the molecule is C=CCC(=O)O.C=CCC(=O)OCc1ccco1.C=CCCCO.C[SiH](C)O[Si](C)(C)O[Si](C)(C)C.C[SiH](O[Si](C)(C)C)O[Si](C)(C)C.C[Si](C)(C)O[Si](C)(C)O[Si](C)(C)CC(=O)OCc1ccco1.C[Si](C)(C)O[Si](C)(CCCCCO)O[Si](C)(C)C.C[Si](C)(C)O[Si](C)(CCCCCOC(=O)c1ccc(N2C(=O)C=CC2=O)cc1)O[Si](C)(C)C.O=C(Cl)c1ccc(N2C(=O)C=CC2=O)cc1.OCc1ccco1. The highest BCUT2D eigenvalue weighted by atomic mass is 35.5. The second-order valence-corrected chi connectivity index (χ2v) is 104. The van der Waals surface area contributed by atoms with Gasteiger partial charge in [0.15, 0.2) is 83.9 Å². The number of anilines is 2. The number of hydrogen-bond donors (Lipinski definition) is 4. The molecule has 31 nitrogen and oxygen atoms in total. The molecule has 0 saturated heterocycles. The number of carboxylic acid groups (broad SMARTS) is 1. The second kappa shape index (κ2) is 69.3. The number of benzene rings is 2. The van der Waals surface area contributed by atoms with Crippen LogP contribution in [0.15, 0.2) is 179 Å². The van der Waals surface area contributed by atoms with Crippen LogP contribution in [0, 0.1) is 0 Å². The summed E-state index contributed by atoms with van der Waals surface area (Å²) in [6.07, 6.45) is 22.0. The van der Waals surface area contributed by atoms with Gasteiger partial charge in [0.05, 0.1) is 61.2 Å². The Balaban J connectivity index is -0.00000160. The van der Waals surface area contributed by atoms with Crippen LogP contribution in [0.1, 0.15) is 102 Å². The predicted octanol–water partition coefficient (Wildman–Crippen LogP) is 24.1. The number of esters is 3. The number of rotatable bonds is 49. The van der Waals surface area contributed by atoms with Crippen LogP contribution in [0.3, 0.4) is 0 Å². The molecule has 3 aromatic heterocycles. The van der Waals surface area contributed by atoms with Gasteiger partial charge in [0, 0.05) is 43.1 Å². The van der Waals surface area contributed by atoms with Crippen molar-refractivity contribution in [1.82, 2.24) is 0 Å². The van der Waals surface area contributed by atoms with Gasteiger partial charge in [-0.15, -0.1) is 19.7 Å². The van der Waals surface area contributed by atoms with Crippen molar-refractivity contribution in [3.8, 4) is 0 Å². The lowest BCUT2D eigenvalue weighted by Gasteiger charge is -2.38. The van der Waals surface area contributed by atoms with Crippen LogP contribution in [0.5, 0.6) is 0 Å². The Kier molecular flexibility index (Phi) is 68.3. The summed E-state index contributed by atoms with van der Waals surface area (Å²) in [6, 6.07) is 25.0. The molecule has 0 saturated carbocycles. The van der Waals surface area contributed by atoms with Crippen LogP contribution in [-0.4, -0.2) is 220 Å². The zero-order valence-corrected chi connectivity index (χ0v) is 109. The van der Waals surface area contributed by atoms with Crippen molar-refractivity contribution >= 4 is 203 Å². The van der Waals surface area contributed by atoms with E-state index in [1.54, 1.807) is 73.0 Å². The molecule has 0 atom stereocenters. The summed E-state index contributed by atoms with van der Waals surface area (Å²) >= 11 is 5.27. The van der Waals surface area contributed by atoms with E-state index in [2.05, 4.69) is 223 Å². The number of imide groups is 2. The van der Waals surface area contributed by atoms with Crippen molar-refractivity contribution in [2.45, 2.75) is 331 Å². The highest BCUT2D eigenvalue weighted by Gasteiger charge is 2.43. The van der Waals surface area contributed by atoms with Gasteiger partial charge in [0.1, 0.15) is 37.1 Å². The van der Waals surface area contributed by atoms with Crippen LogP contribution >= 0.6 is 11.6 Å². The third kappa shape index (κ3) is 79.0. The first-order valence-corrected chi connectivity index (χ1v) is 95.0. The monoisotopic (exact) mass is 2290 g/mol. The van der Waals surface area contributed by atoms with E-state index in [-0.39, 0.29) is 63.0 Å². The van der Waals surface area contributed by atoms with Gasteiger partial charge < -0.3 is 89.0 Å². The van der Waals surface area contributed by atoms with E-state index in [0.29, 0.717) is 59.0 Å². The zero-order chi connectivity index (χ0) is 112. The predicted molar refractivity (Wildman–Crippen MR) is 616 cm³/mol. The quantitative estimate of drug-likeness (QED) is 0.00534. The first-order valence-electron chi connectivity index (χ1n) is 48.7. The number of amides is 4. The number of aliphatic carboxylic acids is 1. The molecular formula is C97H179ClN2O29Si15. The molecule has 0 bridgehead atoms. The normalized spacial score (nSPS) is 13.0. The average Bonchev–Trinajstić information content (AvgIpc) is 1.57. The number of carbonyl (C=O) groups excluding carboxylic acids is 8. The molecule has 2 aliphatic heterocycles. The van der Waals surface area contributed by atoms with Crippen molar-refractivity contribution in [2.75, 3.05) is 29.6 Å². The van der Waals surface area contributed by atoms with Crippen LogP contribution in [0.25, 0.3) is 0 Å². The highest BCUT2D eigenvalue weighted by molar-refractivity contribution is 6.90. The summed E-state index contributed by atoms with van der Waals surface area (Å²) in [4.78, 5) is 104. The van der Waals surface area contributed by atoms with E-state index in [1.807, 2.05) is 26.2 Å². The number of unbranched alkanes of at least 4 members (excludes halogenated alkanes) is 5. The van der Waals surface area contributed by atoms with Crippen LogP contribution in [-0.2, 0) is 109 Å². The maximum absolute atomic E-state index is 12.3. The standard InChI is InChI=1S/C23H37NO6Si3.C14H28O5Si3.C12H32O3Si3.C11H6ClNO3.C9H10O3.2C7H22O2Si3.C5H6O2.C5H10O.C4H6O2/c1-31(2,3)29-33(7,30-32(4,5)6)18-10-8-9-17-28-23(27)19-11-13-20(14-12-19)24-21(25)15-16-22(24)26;1-20(2,3)18-22(6,7)19-21(4,5)12-14(15)17-11-13-9-8-10-16-13;1-16(2,3)14-18(7,15-17(4,5)6)12-10-8-9-11-13;12-11(16)7-1-3-8(4-2-7)13-9(14)5-6-10(13)15;1-2-4-9(10)12-7-8-5-3-6-11-8;1-10(8-11(2,3)4)9-12(5,6)7;1-10(2)8-12(6,7)9-11(3,4)5;6-4-5-2-1-3-7-5;1-2-3-4-5-6;1-2-3-4(5)6/h11-16H,8-10,17-18H2,1-7H3;8-10H,11-12H2,1-7H3;13H,8-12H2,1-7H3;1-6H;2-3,5-6H,1,4,7H2;2*10H,1-7H3;1-3,6H,4H2;2,6H,1,3-5H2;2H,1,3H2,(H,5,6). The molecule has 47 heteroatoms. The summed E-state index contributed by atoms with van der Waals surface area (Å²) < 4.78 is 92.3. The number of halogens is 1. The summed E-state index contributed by atoms with van der Waals surface area (Å²) in [6.45, 7) is 87.8. The molecule has 0 radical (unpaired) electrons. The number of ether oxygens (including phenoxy) is 3. The lowest BCUT2D eigenvalue weighted by atomic mass is 10.2. The Morgan fingerprint density at radius 2 is 0.736 bits per heavy atom. The maximum atomic E-state index is 12.3. The largest absolute Gasteiger partial charge is 0.481 e. The lowest BCUT2D eigenvalue weighted by Crippen LogP contribution is -2.52. The van der Waals surface area contributed by atoms with Gasteiger partial charge in [-0.2, -0.15) is 0 Å². The number of allylic oxidation sites excluding steroid dienone is 1. The van der Waals surface area contributed by atoms with E-state index >= 15 is 0 Å². The molecule has 0 unspecified atom stereocenters. The highest BCUT2D eigenvalue weighted by Crippen LogP contribution is 2.31. The van der Waals surface area contributed by atoms with Crippen LogP contribution in [0.4, 0.5) is 11.4 Å². The molecular weight excluding hydrogens is 2110 g/mol. The van der Waals surface area contributed by atoms with Gasteiger partial charge in [-0.05, 0) is 363 Å². The fraction of sp³-hybridized carbons (Fsp3) is 0.557. The number of aliphatic hydroxyl groups excluding tert-OH is 3. The fourth-order valence-electron chi connectivity index (χ4n) is 13.6. The minimum Gasteiger partial charge on any atom is -0.481 e. The number of nitrogens with zero attached hydrogens (tertiary/aromatic N) is 2. The maximum Gasteiger partial charge on any atom is 0.338 e. The van der Waals surface area contributed by atoms with Gasteiger partial charge in [0.2, 0.25) is 0 Å². The van der Waals surface area contributed by atoms with Gasteiger partial charge in [-0.3, -0.25) is 38.4 Å². The molecule has 5 aromatic rings. The van der Waals surface area contributed by atoms with Gasteiger partial charge in [-0.1, -0.05) is 43.9 Å². The minimum absolute atomic E-state index is 0.00694. The molecule has 0 fully saturated rings. The Bertz CT molecular complexity index is 4500.